The Hall–Kier alpha value is -0.120. The van der Waals surface area contributed by atoms with Crippen molar-refractivity contribution < 1.29 is 4.84 Å². The number of hydrogen-bond donors (Lipinski definition) is 1. The van der Waals surface area contributed by atoms with Crippen molar-refractivity contribution in [1.82, 2.24) is 10.4 Å². The highest BCUT2D eigenvalue weighted by molar-refractivity contribution is 4.82. The molecular weight excluding hydrogens is 164 g/mol. The fraction of sp³-hybridized carbons (Fsp3) is 1.00. The van der Waals surface area contributed by atoms with E-state index in [1.165, 1.54) is 6.42 Å². The van der Waals surface area contributed by atoms with Crippen LogP contribution < -0.4 is 5.48 Å². The number of hydroxylamine groups is 1. The average molecular weight is 186 g/mol. The monoisotopic (exact) mass is 186 g/mol. The van der Waals surface area contributed by atoms with E-state index in [1.54, 1.807) is 0 Å². The van der Waals surface area contributed by atoms with Gasteiger partial charge in [0.1, 0.15) is 0 Å². The topological polar surface area (TPSA) is 24.5 Å². The molecular formula is C10H22N2O. The third-order valence-corrected chi connectivity index (χ3v) is 2.55. The van der Waals surface area contributed by atoms with Crippen molar-refractivity contribution in [3.8, 4) is 0 Å². The number of hydrogen-bond acceptors (Lipinski definition) is 3. The molecule has 0 saturated carbocycles. The number of rotatable bonds is 4. The molecule has 1 fully saturated rings. The molecule has 0 bridgehead atoms. The highest BCUT2D eigenvalue weighted by atomic mass is 16.6. The largest absolute Gasteiger partial charge is 0.302 e. The van der Waals surface area contributed by atoms with E-state index in [0.29, 0.717) is 18.0 Å². The van der Waals surface area contributed by atoms with E-state index in [2.05, 4.69) is 38.2 Å². The second-order valence-corrected chi connectivity index (χ2v) is 4.54. The van der Waals surface area contributed by atoms with Crippen LogP contribution in [0.25, 0.3) is 0 Å². The van der Waals surface area contributed by atoms with Gasteiger partial charge in [-0.1, -0.05) is 13.8 Å². The van der Waals surface area contributed by atoms with E-state index >= 15 is 0 Å². The Morgan fingerprint density at radius 1 is 1.54 bits per heavy atom. The van der Waals surface area contributed by atoms with Crippen molar-refractivity contribution in [3.63, 3.8) is 0 Å². The second kappa shape index (κ2) is 4.94. The van der Waals surface area contributed by atoms with Crippen molar-refractivity contribution in [2.75, 3.05) is 20.2 Å². The lowest BCUT2D eigenvalue weighted by molar-refractivity contribution is 0.00326. The fourth-order valence-corrected chi connectivity index (χ4v) is 1.61. The maximum Gasteiger partial charge on any atom is 0.0705 e. The van der Waals surface area contributed by atoms with Gasteiger partial charge in [-0.3, -0.25) is 0 Å². The Morgan fingerprint density at radius 3 is 2.69 bits per heavy atom. The molecule has 3 heteroatoms. The molecule has 3 nitrogen and oxygen atoms in total. The number of likely N-dealkylation sites (tertiary alicyclic amines) is 1. The lowest BCUT2D eigenvalue weighted by atomic mass is 10.2. The normalized spacial score (nSPS) is 30.2. The fourth-order valence-electron chi connectivity index (χ4n) is 1.61. The van der Waals surface area contributed by atoms with Crippen LogP contribution in [0.3, 0.4) is 0 Å². The van der Waals surface area contributed by atoms with Gasteiger partial charge in [-0.05, 0) is 26.3 Å². The predicted molar refractivity (Wildman–Crippen MR) is 54.4 cm³/mol. The van der Waals surface area contributed by atoms with Gasteiger partial charge in [0.05, 0.1) is 6.61 Å². The Morgan fingerprint density at radius 2 is 2.23 bits per heavy atom. The first-order valence-electron chi connectivity index (χ1n) is 5.17. The van der Waals surface area contributed by atoms with Crippen LogP contribution in [0, 0.1) is 5.92 Å². The molecule has 2 unspecified atom stereocenters. The van der Waals surface area contributed by atoms with Gasteiger partial charge in [-0.15, -0.1) is 0 Å². The van der Waals surface area contributed by atoms with Crippen LogP contribution in [0.5, 0.6) is 0 Å². The molecule has 2 atom stereocenters. The number of nitrogens with zero attached hydrogens (tertiary/aromatic N) is 1. The Bertz CT molecular complexity index is 140. The number of nitrogens with one attached hydrogen (secondary N) is 1. The molecule has 0 aromatic rings. The zero-order valence-electron chi connectivity index (χ0n) is 9.21. The number of likely N-dealkylation sites (N-methyl/N-ethyl adjacent to an activating group) is 1. The molecule has 0 aromatic carbocycles. The molecule has 0 spiro atoms. The third kappa shape index (κ3) is 3.63. The summed E-state index contributed by atoms with van der Waals surface area (Å²) < 4.78 is 0. The highest BCUT2D eigenvalue weighted by Gasteiger charge is 2.25. The second-order valence-electron chi connectivity index (χ2n) is 4.54. The molecule has 1 N–H and O–H groups in total. The van der Waals surface area contributed by atoms with Crippen LogP contribution in [0.1, 0.15) is 27.2 Å². The van der Waals surface area contributed by atoms with Gasteiger partial charge in [0, 0.05) is 18.6 Å². The molecule has 78 valence electrons. The summed E-state index contributed by atoms with van der Waals surface area (Å²) in [4.78, 5) is 7.76. The maximum absolute atomic E-state index is 5.40. The summed E-state index contributed by atoms with van der Waals surface area (Å²) in [6.07, 6.45) is 1.19. The van der Waals surface area contributed by atoms with E-state index in [1.807, 2.05) is 0 Å². The molecule has 1 aliphatic rings. The van der Waals surface area contributed by atoms with Crippen molar-refractivity contribution >= 4 is 0 Å². The molecule has 1 heterocycles. The van der Waals surface area contributed by atoms with Crippen molar-refractivity contribution in [1.29, 1.82) is 0 Å². The summed E-state index contributed by atoms with van der Waals surface area (Å²) >= 11 is 0. The first-order valence-corrected chi connectivity index (χ1v) is 5.17. The predicted octanol–water partition coefficient (Wildman–Crippen LogP) is 1.26. The molecule has 0 aliphatic carbocycles. The zero-order valence-corrected chi connectivity index (χ0v) is 9.21. The molecule has 0 amide bonds. The van der Waals surface area contributed by atoms with Crippen molar-refractivity contribution in [2.45, 2.75) is 39.3 Å². The van der Waals surface area contributed by atoms with Crippen LogP contribution in [-0.4, -0.2) is 37.2 Å². The van der Waals surface area contributed by atoms with Crippen molar-refractivity contribution in [3.05, 3.63) is 0 Å². The standard InChI is InChI=1S/C10H22N2O/c1-8(2)7-13-11-10-5-9(3)12(4)6-10/h8-11H,5-7H2,1-4H3. The van der Waals surface area contributed by atoms with E-state index in [4.69, 9.17) is 4.84 Å². The minimum Gasteiger partial charge on any atom is -0.302 e. The lowest BCUT2D eigenvalue weighted by Gasteiger charge is -2.14. The highest BCUT2D eigenvalue weighted by Crippen LogP contribution is 2.14. The van der Waals surface area contributed by atoms with Crippen molar-refractivity contribution in [2.24, 2.45) is 5.92 Å². The molecule has 13 heavy (non-hydrogen) atoms. The quantitative estimate of drug-likeness (QED) is 0.669. The van der Waals surface area contributed by atoms with Gasteiger partial charge >= 0.3 is 0 Å². The summed E-state index contributed by atoms with van der Waals surface area (Å²) in [5.74, 6) is 0.601. The van der Waals surface area contributed by atoms with Crippen LogP contribution in [-0.2, 0) is 4.84 Å². The van der Waals surface area contributed by atoms with Gasteiger partial charge in [0.2, 0.25) is 0 Å². The summed E-state index contributed by atoms with van der Waals surface area (Å²) in [6, 6.07) is 1.19. The van der Waals surface area contributed by atoms with Gasteiger partial charge in [-0.2, -0.15) is 5.48 Å². The summed E-state index contributed by atoms with van der Waals surface area (Å²) in [6.45, 7) is 8.47. The Balaban J connectivity index is 2.10. The van der Waals surface area contributed by atoms with E-state index < -0.39 is 0 Å². The van der Waals surface area contributed by atoms with Crippen LogP contribution in [0.4, 0.5) is 0 Å². The van der Waals surface area contributed by atoms with Gasteiger partial charge in [0.25, 0.3) is 0 Å². The Labute approximate surface area is 81.4 Å². The van der Waals surface area contributed by atoms with Crippen LogP contribution in [0.15, 0.2) is 0 Å². The third-order valence-electron chi connectivity index (χ3n) is 2.55. The summed E-state index contributed by atoms with van der Waals surface area (Å²) in [7, 11) is 2.16. The lowest BCUT2D eigenvalue weighted by Crippen LogP contribution is -2.32. The first-order chi connectivity index (χ1) is 6.09. The van der Waals surface area contributed by atoms with Gasteiger partial charge in [0.15, 0.2) is 0 Å². The molecule has 1 saturated heterocycles. The van der Waals surface area contributed by atoms with E-state index in [9.17, 15) is 0 Å². The average Bonchev–Trinajstić information content (AvgIpc) is 2.30. The van der Waals surface area contributed by atoms with E-state index in [0.717, 1.165) is 13.2 Å². The van der Waals surface area contributed by atoms with Crippen LogP contribution in [0.2, 0.25) is 0 Å². The van der Waals surface area contributed by atoms with E-state index in [-0.39, 0.29) is 0 Å². The first kappa shape index (κ1) is 11.0. The van der Waals surface area contributed by atoms with Crippen LogP contribution >= 0.6 is 0 Å². The summed E-state index contributed by atoms with van der Waals surface area (Å²) in [5.41, 5.74) is 3.13. The SMILES string of the molecule is CC(C)CONC1CC(C)N(C)C1. The maximum atomic E-state index is 5.40. The minimum absolute atomic E-state index is 0.513. The van der Waals surface area contributed by atoms with Gasteiger partial charge in [-0.25, -0.2) is 0 Å². The van der Waals surface area contributed by atoms with Gasteiger partial charge < -0.3 is 9.74 Å². The zero-order chi connectivity index (χ0) is 9.84. The smallest absolute Gasteiger partial charge is 0.0705 e. The molecule has 1 aliphatic heterocycles. The molecule has 0 radical (unpaired) electrons. The molecule has 1 rings (SSSR count). The summed E-state index contributed by atoms with van der Waals surface area (Å²) in [5, 5.41) is 0. The Kier molecular flexibility index (Phi) is 4.16. The molecule has 0 aromatic heterocycles. The minimum atomic E-state index is 0.513.